The fourth-order valence-electron chi connectivity index (χ4n) is 4.51. The summed E-state index contributed by atoms with van der Waals surface area (Å²) in [6.07, 6.45) is -0.603. The summed E-state index contributed by atoms with van der Waals surface area (Å²) in [5.41, 5.74) is 1.99. The average molecular weight is 551 g/mol. The first-order valence-electron chi connectivity index (χ1n) is 14.2. The Morgan fingerprint density at radius 2 is 1.41 bits per heavy atom. The molecule has 1 aliphatic heterocycles. The zero-order valence-corrected chi connectivity index (χ0v) is 23.0. The topological polar surface area (TPSA) is 54.0 Å². The van der Waals surface area contributed by atoms with Crippen molar-refractivity contribution in [2.75, 3.05) is 13.2 Å². The van der Waals surface area contributed by atoms with E-state index in [1.165, 1.54) is 12.8 Å². The maximum absolute atomic E-state index is 13.7. The molecule has 1 saturated heterocycles. The SMILES string of the molecule is CCCCCCOc1ccc(-c2ccc(C(=O)O[C@@H]3CC[C@H](OCCCCCC)O[C@H]3C(F)(F)F)cc2)cc1. The maximum Gasteiger partial charge on any atom is 0.418 e. The van der Waals surface area contributed by atoms with Gasteiger partial charge in [-0.25, -0.2) is 4.79 Å². The number of hydrogen-bond donors (Lipinski definition) is 0. The lowest BCUT2D eigenvalue weighted by Gasteiger charge is -2.36. The Bertz CT molecular complexity index is 975. The summed E-state index contributed by atoms with van der Waals surface area (Å²) in [5.74, 6) is -0.0105. The van der Waals surface area contributed by atoms with Crippen molar-refractivity contribution in [3.05, 3.63) is 54.1 Å². The Balaban J connectivity index is 1.52. The predicted molar refractivity (Wildman–Crippen MR) is 145 cm³/mol. The lowest BCUT2D eigenvalue weighted by Crippen LogP contribution is -2.50. The van der Waals surface area contributed by atoms with E-state index in [9.17, 15) is 18.0 Å². The molecule has 0 bridgehead atoms. The van der Waals surface area contributed by atoms with E-state index in [1.54, 1.807) is 24.3 Å². The van der Waals surface area contributed by atoms with Gasteiger partial charge in [-0.2, -0.15) is 13.2 Å². The minimum absolute atomic E-state index is 0.0145. The molecule has 1 aliphatic rings. The van der Waals surface area contributed by atoms with Crippen molar-refractivity contribution in [1.82, 2.24) is 0 Å². The Kier molecular flexibility index (Phi) is 12.6. The molecular formula is C31H41F3O5. The summed E-state index contributed by atoms with van der Waals surface area (Å²) >= 11 is 0. The zero-order valence-electron chi connectivity index (χ0n) is 23.0. The van der Waals surface area contributed by atoms with Crippen LogP contribution < -0.4 is 4.74 Å². The largest absolute Gasteiger partial charge is 0.494 e. The molecule has 5 nitrogen and oxygen atoms in total. The van der Waals surface area contributed by atoms with E-state index in [0.29, 0.717) is 13.2 Å². The second-order valence-electron chi connectivity index (χ2n) is 9.99. The molecule has 3 rings (SSSR count). The van der Waals surface area contributed by atoms with Gasteiger partial charge in [0.05, 0.1) is 12.2 Å². The summed E-state index contributed by atoms with van der Waals surface area (Å²) in [6, 6.07) is 14.3. The number of carbonyl (C=O) groups excluding carboxylic acids is 1. The minimum atomic E-state index is -4.68. The van der Waals surface area contributed by atoms with Gasteiger partial charge in [0.1, 0.15) is 11.9 Å². The van der Waals surface area contributed by atoms with Crippen LogP contribution in [0.1, 0.15) is 88.4 Å². The molecule has 3 atom stereocenters. The van der Waals surface area contributed by atoms with E-state index in [0.717, 1.165) is 55.4 Å². The third kappa shape index (κ3) is 10.2. The molecule has 2 aromatic carbocycles. The molecule has 0 unspecified atom stereocenters. The van der Waals surface area contributed by atoms with E-state index < -0.39 is 30.6 Å². The number of carbonyl (C=O) groups is 1. The van der Waals surface area contributed by atoms with E-state index in [2.05, 4.69) is 13.8 Å². The molecule has 2 aromatic rings. The van der Waals surface area contributed by atoms with Gasteiger partial charge in [0.15, 0.2) is 12.4 Å². The Hall–Kier alpha value is -2.58. The maximum atomic E-state index is 13.7. The zero-order chi connectivity index (χ0) is 28.1. The van der Waals surface area contributed by atoms with Gasteiger partial charge in [-0.3, -0.25) is 0 Å². The van der Waals surface area contributed by atoms with Crippen LogP contribution in [0.25, 0.3) is 11.1 Å². The highest BCUT2D eigenvalue weighted by atomic mass is 19.4. The van der Waals surface area contributed by atoms with Crippen molar-refractivity contribution in [1.29, 1.82) is 0 Å². The van der Waals surface area contributed by atoms with Crippen molar-refractivity contribution in [3.8, 4) is 16.9 Å². The number of unbranched alkanes of at least 4 members (excludes halogenated alkanes) is 6. The van der Waals surface area contributed by atoms with Gasteiger partial charge in [0.25, 0.3) is 0 Å². The molecule has 0 spiro atoms. The summed E-state index contributed by atoms with van der Waals surface area (Å²) in [5, 5.41) is 0. The minimum Gasteiger partial charge on any atom is -0.494 e. The summed E-state index contributed by atoms with van der Waals surface area (Å²) in [7, 11) is 0. The van der Waals surface area contributed by atoms with Gasteiger partial charge in [-0.05, 0) is 54.7 Å². The van der Waals surface area contributed by atoms with Gasteiger partial charge in [-0.1, -0.05) is 76.6 Å². The van der Waals surface area contributed by atoms with Crippen molar-refractivity contribution >= 4 is 5.97 Å². The standard InChI is InChI=1S/C31H41F3O5/c1-3-5-7-9-21-36-26-17-15-24(16-18-26)23-11-13-25(14-12-23)30(35)38-27-19-20-28(37-22-10-8-6-4-2)39-29(27)31(32,33)34/h11-18,27-29H,3-10,19-22H2,1-2H3/t27-,28-,29-/m1/s1. The Morgan fingerprint density at radius 1 is 0.821 bits per heavy atom. The van der Waals surface area contributed by atoms with Crippen molar-refractivity contribution in [3.63, 3.8) is 0 Å². The normalized spacial score (nSPS) is 19.6. The van der Waals surface area contributed by atoms with E-state index in [-0.39, 0.29) is 18.4 Å². The van der Waals surface area contributed by atoms with Crippen LogP contribution in [-0.4, -0.2) is 43.9 Å². The highest BCUT2D eigenvalue weighted by Crippen LogP contribution is 2.35. The molecular weight excluding hydrogens is 509 g/mol. The van der Waals surface area contributed by atoms with Crippen LogP contribution in [-0.2, 0) is 14.2 Å². The van der Waals surface area contributed by atoms with Crippen LogP contribution in [0.15, 0.2) is 48.5 Å². The quantitative estimate of drug-likeness (QED) is 0.164. The Labute approximate surface area is 230 Å². The van der Waals surface area contributed by atoms with Crippen molar-refractivity contribution < 1.29 is 36.9 Å². The molecule has 216 valence electrons. The number of ether oxygens (including phenoxy) is 4. The molecule has 1 heterocycles. The molecule has 8 heteroatoms. The van der Waals surface area contributed by atoms with Gasteiger partial charge in [0.2, 0.25) is 0 Å². The lowest BCUT2D eigenvalue weighted by molar-refractivity contribution is -0.311. The number of halogens is 3. The van der Waals surface area contributed by atoms with Gasteiger partial charge in [0, 0.05) is 13.0 Å². The number of alkyl halides is 3. The highest BCUT2D eigenvalue weighted by Gasteiger charge is 2.51. The third-order valence-electron chi connectivity index (χ3n) is 6.78. The van der Waals surface area contributed by atoms with E-state index in [1.807, 2.05) is 24.3 Å². The second-order valence-corrected chi connectivity index (χ2v) is 9.99. The van der Waals surface area contributed by atoms with E-state index in [4.69, 9.17) is 18.9 Å². The first-order valence-corrected chi connectivity index (χ1v) is 14.2. The molecule has 39 heavy (non-hydrogen) atoms. The summed E-state index contributed by atoms with van der Waals surface area (Å²) < 4.78 is 62.9. The van der Waals surface area contributed by atoms with Crippen LogP contribution in [0.5, 0.6) is 5.75 Å². The molecule has 0 amide bonds. The smallest absolute Gasteiger partial charge is 0.418 e. The van der Waals surface area contributed by atoms with Gasteiger partial charge < -0.3 is 18.9 Å². The summed E-state index contributed by atoms with van der Waals surface area (Å²) in [4.78, 5) is 12.7. The number of hydrogen-bond acceptors (Lipinski definition) is 5. The fraction of sp³-hybridized carbons (Fsp3) is 0.581. The van der Waals surface area contributed by atoms with E-state index >= 15 is 0 Å². The molecule has 0 N–H and O–H groups in total. The molecule has 0 aliphatic carbocycles. The number of benzene rings is 2. The van der Waals surface area contributed by atoms with Crippen LogP contribution in [0.4, 0.5) is 13.2 Å². The molecule has 0 saturated carbocycles. The highest BCUT2D eigenvalue weighted by molar-refractivity contribution is 5.90. The fourth-order valence-corrected chi connectivity index (χ4v) is 4.51. The number of rotatable bonds is 15. The van der Waals surface area contributed by atoms with Gasteiger partial charge in [-0.15, -0.1) is 0 Å². The van der Waals surface area contributed by atoms with Gasteiger partial charge >= 0.3 is 12.1 Å². The average Bonchev–Trinajstić information content (AvgIpc) is 2.93. The monoisotopic (exact) mass is 550 g/mol. The second kappa shape index (κ2) is 15.9. The van der Waals surface area contributed by atoms with Crippen LogP contribution in [0.2, 0.25) is 0 Å². The van der Waals surface area contributed by atoms with Crippen LogP contribution in [0, 0.1) is 0 Å². The van der Waals surface area contributed by atoms with Crippen LogP contribution in [0.3, 0.4) is 0 Å². The number of esters is 1. The molecule has 1 fully saturated rings. The molecule has 0 radical (unpaired) electrons. The third-order valence-corrected chi connectivity index (χ3v) is 6.78. The predicted octanol–water partition coefficient (Wildman–Crippen LogP) is 8.50. The summed E-state index contributed by atoms with van der Waals surface area (Å²) in [6.45, 7) is 5.29. The van der Waals surface area contributed by atoms with Crippen LogP contribution >= 0.6 is 0 Å². The first kappa shape index (κ1) is 31.0. The van der Waals surface area contributed by atoms with Crippen molar-refractivity contribution in [2.24, 2.45) is 0 Å². The first-order chi connectivity index (χ1) is 18.8. The Morgan fingerprint density at radius 3 is 2.00 bits per heavy atom. The lowest BCUT2D eigenvalue weighted by atomic mass is 10.0. The molecule has 0 aromatic heterocycles. The van der Waals surface area contributed by atoms with Crippen molar-refractivity contribution in [2.45, 2.75) is 103 Å².